The van der Waals surface area contributed by atoms with Crippen molar-refractivity contribution < 1.29 is 9.32 Å². The van der Waals surface area contributed by atoms with E-state index in [1.54, 1.807) is 42.6 Å². The molecule has 0 radical (unpaired) electrons. The second-order valence-electron chi connectivity index (χ2n) is 8.28. The number of hydrogen-bond acceptors (Lipinski definition) is 6. The number of amides is 1. The van der Waals surface area contributed by atoms with E-state index < -0.39 is 5.69 Å². The van der Waals surface area contributed by atoms with E-state index in [-0.39, 0.29) is 24.3 Å². The summed E-state index contributed by atoms with van der Waals surface area (Å²) in [4.78, 5) is 30.1. The second-order valence-corrected chi connectivity index (χ2v) is 8.71. The normalized spacial score (nSPS) is 11.3. The third kappa shape index (κ3) is 4.45. The number of benzene rings is 2. The average molecular weight is 489 g/mol. The molecule has 0 saturated heterocycles. The maximum Gasteiger partial charge on any atom is 0.350 e. The lowest BCUT2D eigenvalue weighted by molar-refractivity contribution is -0.117. The average Bonchev–Trinajstić information content (AvgIpc) is 3.45. The number of carbonyl (C=O) groups excluding carboxylic acids is 1. The lowest BCUT2D eigenvalue weighted by Crippen LogP contribution is -2.28. The summed E-state index contributed by atoms with van der Waals surface area (Å²) in [6, 6.07) is 18.0. The standard InChI is InChI=1S/C25H21ClN6O3/c1-15(2)18-6-3-4-8-20(18)27-21(33)14-32-25(34)31-13-5-7-19(23(31)29-32)24-28-22(30-35-24)16-9-11-17(26)12-10-16/h3-13,15H,14H2,1-2H3,(H,27,33). The van der Waals surface area contributed by atoms with Crippen molar-refractivity contribution in [2.24, 2.45) is 0 Å². The van der Waals surface area contributed by atoms with Gasteiger partial charge in [-0.05, 0) is 53.9 Å². The SMILES string of the molecule is CC(C)c1ccccc1NC(=O)Cn1nc2c(-c3nc(-c4ccc(Cl)cc4)no3)cccn2c1=O. The minimum Gasteiger partial charge on any atom is -0.333 e. The number of carbonyl (C=O) groups is 1. The van der Waals surface area contributed by atoms with Crippen LogP contribution in [0.15, 0.2) is 76.2 Å². The first kappa shape index (κ1) is 22.5. The molecule has 176 valence electrons. The first-order chi connectivity index (χ1) is 16.9. The van der Waals surface area contributed by atoms with Gasteiger partial charge in [0.2, 0.25) is 11.7 Å². The van der Waals surface area contributed by atoms with Crippen molar-refractivity contribution in [3.63, 3.8) is 0 Å². The first-order valence-corrected chi connectivity index (χ1v) is 11.4. The molecule has 0 fully saturated rings. The van der Waals surface area contributed by atoms with Crippen molar-refractivity contribution in [3.05, 3.63) is 87.9 Å². The molecular formula is C25H21ClN6O3. The van der Waals surface area contributed by atoms with Crippen LogP contribution in [0, 0.1) is 0 Å². The molecular weight excluding hydrogens is 468 g/mol. The van der Waals surface area contributed by atoms with Crippen LogP contribution in [0.3, 0.4) is 0 Å². The quantitative estimate of drug-likeness (QED) is 0.373. The Balaban J connectivity index is 1.44. The smallest absolute Gasteiger partial charge is 0.333 e. The molecule has 0 saturated carbocycles. The van der Waals surface area contributed by atoms with Crippen LogP contribution in [-0.4, -0.2) is 30.2 Å². The third-order valence-corrected chi connectivity index (χ3v) is 5.77. The number of nitrogens with one attached hydrogen (secondary N) is 1. The summed E-state index contributed by atoms with van der Waals surface area (Å²) in [5.74, 6) is 0.462. The van der Waals surface area contributed by atoms with Gasteiger partial charge in [-0.15, -0.1) is 5.10 Å². The number of rotatable bonds is 6. The Hall–Kier alpha value is -4.24. The number of pyridine rings is 1. The Kier molecular flexibility index (Phi) is 5.92. The van der Waals surface area contributed by atoms with Crippen LogP contribution in [0.4, 0.5) is 5.69 Å². The Labute approximate surface area is 205 Å². The van der Waals surface area contributed by atoms with E-state index in [0.29, 0.717) is 27.7 Å². The molecule has 1 amide bonds. The number of aromatic nitrogens is 5. The van der Waals surface area contributed by atoms with Crippen LogP contribution in [-0.2, 0) is 11.3 Å². The summed E-state index contributed by atoms with van der Waals surface area (Å²) in [6.07, 6.45) is 1.58. The van der Waals surface area contributed by atoms with Gasteiger partial charge in [-0.25, -0.2) is 13.9 Å². The van der Waals surface area contributed by atoms with Crippen molar-refractivity contribution in [1.82, 2.24) is 24.3 Å². The van der Waals surface area contributed by atoms with Gasteiger partial charge in [0.25, 0.3) is 5.89 Å². The van der Waals surface area contributed by atoms with Gasteiger partial charge in [0.15, 0.2) is 5.65 Å². The van der Waals surface area contributed by atoms with Gasteiger partial charge >= 0.3 is 5.69 Å². The Morgan fingerprint density at radius 3 is 2.63 bits per heavy atom. The molecule has 9 nitrogen and oxygen atoms in total. The summed E-state index contributed by atoms with van der Waals surface area (Å²) in [5.41, 5.74) is 2.79. The minimum atomic E-state index is -0.452. The molecule has 3 heterocycles. The summed E-state index contributed by atoms with van der Waals surface area (Å²) in [7, 11) is 0. The summed E-state index contributed by atoms with van der Waals surface area (Å²) >= 11 is 5.95. The zero-order valence-corrected chi connectivity index (χ0v) is 19.7. The maximum absolute atomic E-state index is 12.9. The largest absolute Gasteiger partial charge is 0.350 e. The predicted molar refractivity (Wildman–Crippen MR) is 132 cm³/mol. The molecule has 5 rings (SSSR count). The molecule has 5 aromatic rings. The Bertz CT molecular complexity index is 1580. The molecule has 0 bridgehead atoms. The highest BCUT2D eigenvalue weighted by atomic mass is 35.5. The Morgan fingerprint density at radius 2 is 1.86 bits per heavy atom. The molecule has 1 N–H and O–H groups in total. The molecule has 2 aromatic carbocycles. The maximum atomic E-state index is 12.9. The van der Waals surface area contributed by atoms with E-state index in [1.807, 2.05) is 24.3 Å². The molecule has 0 atom stereocenters. The predicted octanol–water partition coefficient (Wildman–Crippen LogP) is 4.63. The molecule has 3 aromatic heterocycles. The molecule has 10 heteroatoms. The Morgan fingerprint density at radius 1 is 1.09 bits per heavy atom. The fourth-order valence-electron chi connectivity index (χ4n) is 3.80. The molecule has 0 unspecified atom stereocenters. The number of anilines is 1. The van der Waals surface area contributed by atoms with Crippen molar-refractivity contribution in [3.8, 4) is 22.8 Å². The first-order valence-electron chi connectivity index (χ1n) is 11.0. The van der Waals surface area contributed by atoms with E-state index in [2.05, 4.69) is 34.4 Å². The summed E-state index contributed by atoms with van der Waals surface area (Å²) in [5, 5.41) is 11.9. The van der Waals surface area contributed by atoms with Crippen LogP contribution < -0.4 is 11.0 Å². The van der Waals surface area contributed by atoms with Crippen LogP contribution in [0.1, 0.15) is 25.3 Å². The highest BCUT2D eigenvalue weighted by Gasteiger charge is 2.19. The number of hydrogen-bond donors (Lipinski definition) is 1. The van der Waals surface area contributed by atoms with Crippen molar-refractivity contribution in [2.75, 3.05) is 5.32 Å². The van der Waals surface area contributed by atoms with Crippen LogP contribution in [0.25, 0.3) is 28.5 Å². The lowest BCUT2D eigenvalue weighted by atomic mass is 10.0. The molecule has 0 spiro atoms. The van der Waals surface area contributed by atoms with E-state index in [1.165, 1.54) is 4.40 Å². The number of halogens is 1. The van der Waals surface area contributed by atoms with E-state index in [4.69, 9.17) is 16.1 Å². The third-order valence-electron chi connectivity index (χ3n) is 5.52. The fourth-order valence-corrected chi connectivity index (χ4v) is 3.92. The van der Waals surface area contributed by atoms with Crippen molar-refractivity contribution >= 4 is 28.8 Å². The highest BCUT2D eigenvalue weighted by molar-refractivity contribution is 6.30. The van der Waals surface area contributed by atoms with Gasteiger partial charge in [0.1, 0.15) is 6.54 Å². The molecule has 35 heavy (non-hydrogen) atoms. The minimum absolute atomic E-state index is 0.202. The van der Waals surface area contributed by atoms with Crippen LogP contribution >= 0.6 is 11.6 Å². The van der Waals surface area contributed by atoms with Gasteiger partial charge in [0.05, 0.1) is 5.56 Å². The number of nitrogens with zero attached hydrogens (tertiary/aromatic N) is 5. The van der Waals surface area contributed by atoms with E-state index in [9.17, 15) is 9.59 Å². The van der Waals surface area contributed by atoms with Crippen molar-refractivity contribution in [1.29, 1.82) is 0 Å². The number of fused-ring (bicyclic) bond motifs is 1. The van der Waals surface area contributed by atoms with Crippen LogP contribution in [0.2, 0.25) is 5.02 Å². The van der Waals surface area contributed by atoms with Gasteiger partial charge in [-0.3, -0.25) is 4.79 Å². The summed E-state index contributed by atoms with van der Waals surface area (Å²) in [6.45, 7) is 3.86. The van der Waals surface area contributed by atoms with E-state index in [0.717, 1.165) is 15.8 Å². The van der Waals surface area contributed by atoms with Gasteiger partial charge in [-0.2, -0.15) is 4.98 Å². The topological polar surface area (TPSA) is 107 Å². The van der Waals surface area contributed by atoms with Gasteiger partial charge < -0.3 is 9.84 Å². The fraction of sp³-hybridized carbons (Fsp3) is 0.160. The highest BCUT2D eigenvalue weighted by Crippen LogP contribution is 2.26. The molecule has 0 aliphatic carbocycles. The second kappa shape index (κ2) is 9.19. The zero-order chi connectivity index (χ0) is 24.5. The number of para-hydroxylation sites is 1. The monoisotopic (exact) mass is 488 g/mol. The zero-order valence-electron chi connectivity index (χ0n) is 19.0. The lowest BCUT2D eigenvalue weighted by Gasteiger charge is -2.13. The molecule has 0 aliphatic rings. The van der Waals surface area contributed by atoms with Crippen molar-refractivity contribution in [2.45, 2.75) is 26.3 Å². The van der Waals surface area contributed by atoms with Gasteiger partial charge in [-0.1, -0.05) is 48.8 Å². The van der Waals surface area contributed by atoms with Crippen LogP contribution in [0.5, 0.6) is 0 Å². The van der Waals surface area contributed by atoms with Gasteiger partial charge in [0, 0.05) is 22.5 Å². The molecule has 0 aliphatic heterocycles. The summed E-state index contributed by atoms with van der Waals surface area (Å²) < 4.78 is 7.91. The van der Waals surface area contributed by atoms with E-state index >= 15 is 0 Å².